The second-order valence-corrected chi connectivity index (χ2v) is 7.79. The third-order valence-electron chi connectivity index (χ3n) is 5.55. The van der Waals surface area contributed by atoms with Gasteiger partial charge in [-0.15, -0.1) is 0 Å². The first-order chi connectivity index (χ1) is 15.5. The van der Waals surface area contributed by atoms with E-state index in [1.165, 1.54) is 17.2 Å². The van der Waals surface area contributed by atoms with Crippen LogP contribution in [0.4, 0.5) is 5.69 Å². The Labute approximate surface area is 184 Å². The first-order valence-electron chi connectivity index (χ1n) is 10.5. The summed E-state index contributed by atoms with van der Waals surface area (Å²) < 4.78 is 4.12. The van der Waals surface area contributed by atoms with Crippen LogP contribution in [-0.2, 0) is 31.9 Å². The van der Waals surface area contributed by atoms with Crippen molar-refractivity contribution in [2.75, 3.05) is 5.32 Å². The van der Waals surface area contributed by atoms with E-state index in [0.717, 1.165) is 22.2 Å². The average molecular weight is 431 g/mol. The second-order valence-electron chi connectivity index (χ2n) is 7.79. The SMILES string of the molecule is Cn1c(=O)c2c(ncn2CCCC(=O)Nc2ccccc2Cc2ccccc2)n(C)c1=O. The number of hydrogen-bond donors (Lipinski definition) is 1. The van der Waals surface area contributed by atoms with E-state index in [2.05, 4.69) is 22.4 Å². The van der Waals surface area contributed by atoms with E-state index in [9.17, 15) is 14.4 Å². The van der Waals surface area contributed by atoms with Crippen LogP contribution in [0.1, 0.15) is 24.0 Å². The van der Waals surface area contributed by atoms with Crippen LogP contribution >= 0.6 is 0 Å². The van der Waals surface area contributed by atoms with Gasteiger partial charge in [0.15, 0.2) is 11.2 Å². The largest absolute Gasteiger partial charge is 0.332 e. The number of imidazole rings is 1. The number of benzene rings is 2. The number of aromatic nitrogens is 4. The van der Waals surface area contributed by atoms with Gasteiger partial charge in [-0.05, 0) is 30.0 Å². The third-order valence-corrected chi connectivity index (χ3v) is 5.55. The second kappa shape index (κ2) is 9.05. The third kappa shape index (κ3) is 4.25. The highest BCUT2D eigenvalue weighted by molar-refractivity contribution is 5.91. The molecule has 0 saturated carbocycles. The zero-order valence-electron chi connectivity index (χ0n) is 18.1. The molecule has 0 fully saturated rings. The number of nitrogens with zero attached hydrogens (tertiary/aromatic N) is 4. The summed E-state index contributed by atoms with van der Waals surface area (Å²) in [5.41, 5.74) is 2.94. The summed E-state index contributed by atoms with van der Waals surface area (Å²) in [5, 5.41) is 3.01. The highest BCUT2D eigenvalue weighted by Gasteiger charge is 2.14. The predicted octanol–water partition coefficient (Wildman–Crippen LogP) is 2.44. The lowest BCUT2D eigenvalue weighted by Crippen LogP contribution is -2.37. The molecule has 4 rings (SSSR count). The predicted molar refractivity (Wildman–Crippen MR) is 124 cm³/mol. The van der Waals surface area contributed by atoms with Gasteiger partial charge in [-0.1, -0.05) is 48.5 Å². The Balaban J connectivity index is 1.42. The lowest BCUT2D eigenvalue weighted by Gasteiger charge is -2.11. The van der Waals surface area contributed by atoms with E-state index in [1.807, 2.05) is 42.5 Å². The Morgan fingerprint density at radius 2 is 1.69 bits per heavy atom. The molecule has 0 atom stereocenters. The summed E-state index contributed by atoms with van der Waals surface area (Å²) >= 11 is 0. The summed E-state index contributed by atoms with van der Waals surface area (Å²) in [6.07, 6.45) is 3.11. The fraction of sp³-hybridized carbons (Fsp3) is 0.250. The van der Waals surface area contributed by atoms with E-state index >= 15 is 0 Å². The van der Waals surface area contributed by atoms with Gasteiger partial charge in [-0.3, -0.25) is 18.7 Å². The van der Waals surface area contributed by atoms with Crippen molar-refractivity contribution in [1.82, 2.24) is 18.7 Å². The minimum atomic E-state index is -0.415. The van der Waals surface area contributed by atoms with Crippen LogP contribution in [-0.4, -0.2) is 24.6 Å². The lowest BCUT2D eigenvalue weighted by molar-refractivity contribution is -0.116. The Morgan fingerprint density at radius 3 is 2.47 bits per heavy atom. The fourth-order valence-corrected chi connectivity index (χ4v) is 3.80. The number of hydrogen-bond acceptors (Lipinski definition) is 4. The van der Waals surface area contributed by atoms with Crippen LogP contribution in [0.15, 0.2) is 70.5 Å². The molecule has 8 nitrogen and oxygen atoms in total. The maximum absolute atomic E-state index is 12.6. The number of para-hydroxylation sites is 1. The fourth-order valence-electron chi connectivity index (χ4n) is 3.80. The van der Waals surface area contributed by atoms with Gasteiger partial charge < -0.3 is 9.88 Å². The number of aryl methyl sites for hydroxylation is 2. The van der Waals surface area contributed by atoms with Crippen LogP contribution in [0, 0.1) is 0 Å². The highest BCUT2D eigenvalue weighted by atomic mass is 16.2. The maximum Gasteiger partial charge on any atom is 0.332 e. The smallest absolute Gasteiger partial charge is 0.326 e. The van der Waals surface area contributed by atoms with E-state index in [4.69, 9.17) is 0 Å². The minimum Gasteiger partial charge on any atom is -0.326 e. The molecule has 0 saturated heterocycles. The molecule has 0 aliphatic heterocycles. The molecule has 32 heavy (non-hydrogen) atoms. The standard InChI is InChI=1S/C24H25N5O3/c1-27-22-21(23(31)28(2)24(27)32)29(16-25-22)14-8-13-20(30)26-19-12-7-6-11-18(19)15-17-9-4-3-5-10-17/h3-7,9-12,16H,8,13-15H2,1-2H3,(H,26,30). The number of nitrogens with one attached hydrogen (secondary N) is 1. The van der Waals surface area contributed by atoms with Crippen LogP contribution in [0.3, 0.4) is 0 Å². The highest BCUT2D eigenvalue weighted by Crippen LogP contribution is 2.19. The minimum absolute atomic E-state index is 0.0877. The van der Waals surface area contributed by atoms with Gasteiger partial charge in [0.05, 0.1) is 6.33 Å². The number of fused-ring (bicyclic) bond motifs is 1. The number of carbonyl (C=O) groups excluding carboxylic acids is 1. The van der Waals surface area contributed by atoms with Gasteiger partial charge >= 0.3 is 5.69 Å². The molecule has 0 aliphatic rings. The summed E-state index contributed by atoms with van der Waals surface area (Å²) in [6.45, 7) is 0.447. The summed E-state index contributed by atoms with van der Waals surface area (Å²) in [5.74, 6) is -0.0877. The van der Waals surface area contributed by atoms with Gasteiger partial charge in [0.1, 0.15) is 0 Å². The van der Waals surface area contributed by atoms with Crippen molar-refractivity contribution in [3.05, 3.63) is 92.9 Å². The number of anilines is 1. The van der Waals surface area contributed by atoms with E-state index in [0.29, 0.717) is 30.6 Å². The molecule has 2 heterocycles. The van der Waals surface area contributed by atoms with Crippen molar-refractivity contribution in [2.45, 2.75) is 25.8 Å². The maximum atomic E-state index is 12.6. The first kappa shape index (κ1) is 21.3. The Bertz CT molecular complexity index is 1380. The van der Waals surface area contributed by atoms with E-state index in [-0.39, 0.29) is 11.5 Å². The lowest BCUT2D eigenvalue weighted by atomic mass is 10.0. The van der Waals surface area contributed by atoms with E-state index in [1.54, 1.807) is 17.9 Å². The monoisotopic (exact) mass is 431 g/mol. The topological polar surface area (TPSA) is 90.9 Å². The Kier molecular flexibility index (Phi) is 6.02. The van der Waals surface area contributed by atoms with E-state index < -0.39 is 5.69 Å². The average Bonchev–Trinajstić information content (AvgIpc) is 3.22. The molecule has 164 valence electrons. The molecule has 0 aliphatic carbocycles. The van der Waals surface area contributed by atoms with Crippen molar-refractivity contribution < 1.29 is 4.79 Å². The van der Waals surface area contributed by atoms with Crippen LogP contribution in [0.25, 0.3) is 11.2 Å². The van der Waals surface area contributed by atoms with Crippen molar-refractivity contribution in [2.24, 2.45) is 14.1 Å². The molecule has 0 bridgehead atoms. The molecular weight excluding hydrogens is 406 g/mol. The quantitative estimate of drug-likeness (QED) is 0.487. The van der Waals surface area contributed by atoms with Gasteiger partial charge in [0, 0.05) is 32.7 Å². The molecule has 1 amide bonds. The molecule has 0 spiro atoms. The Hall–Kier alpha value is -3.94. The molecule has 0 radical (unpaired) electrons. The first-order valence-corrected chi connectivity index (χ1v) is 10.5. The van der Waals surface area contributed by atoms with Gasteiger partial charge in [-0.2, -0.15) is 0 Å². The zero-order valence-corrected chi connectivity index (χ0v) is 18.1. The Morgan fingerprint density at radius 1 is 0.969 bits per heavy atom. The molecule has 2 aromatic heterocycles. The van der Waals surface area contributed by atoms with Crippen LogP contribution in [0.2, 0.25) is 0 Å². The van der Waals surface area contributed by atoms with Crippen molar-refractivity contribution in [3.63, 3.8) is 0 Å². The molecule has 1 N–H and O–H groups in total. The van der Waals surface area contributed by atoms with Gasteiger partial charge in [0.25, 0.3) is 5.56 Å². The van der Waals surface area contributed by atoms with Crippen molar-refractivity contribution in [1.29, 1.82) is 0 Å². The molecule has 0 unspecified atom stereocenters. The summed E-state index contributed by atoms with van der Waals surface area (Å²) in [4.78, 5) is 41.4. The number of rotatable bonds is 7. The molecular formula is C24H25N5O3. The van der Waals surface area contributed by atoms with Gasteiger partial charge in [-0.25, -0.2) is 9.78 Å². The summed E-state index contributed by atoms with van der Waals surface area (Å²) in [7, 11) is 3.03. The zero-order chi connectivity index (χ0) is 22.7. The van der Waals surface area contributed by atoms with Crippen LogP contribution < -0.4 is 16.6 Å². The van der Waals surface area contributed by atoms with Crippen molar-refractivity contribution >= 4 is 22.8 Å². The van der Waals surface area contributed by atoms with Crippen molar-refractivity contribution in [3.8, 4) is 0 Å². The summed E-state index contributed by atoms with van der Waals surface area (Å²) in [6, 6.07) is 17.9. The van der Waals surface area contributed by atoms with Gasteiger partial charge in [0.2, 0.25) is 5.91 Å². The number of carbonyl (C=O) groups is 1. The number of amides is 1. The normalized spacial score (nSPS) is 11.1. The molecule has 4 aromatic rings. The van der Waals surface area contributed by atoms with Crippen LogP contribution in [0.5, 0.6) is 0 Å². The molecule has 8 heteroatoms. The molecule has 2 aromatic carbocycles.